The topological polar surface area (TPSA) is 13.1 Å². The highest BCUT2D eigenvalue weighted by atomic mass is 19.1. The summed E-state index contributed by atoms with van der Waals surface area (Å²) in [4.78, 5) is 0. The molecule has 1 heterocycles. The first-order chi connectivity index (χ1) is 6.48. The van der Waals surface area contributed by atoms with Gasteiger partial charge in [-0.15, -0.1) is 0 Å². The molecule has 0 saturated heterocycles. The molecule has 0 radical (unpaired) electrons. The third-order valence-electron chi connectivity index (χ3n) is 2.37. The van der Waals surface area contributed by atoms with E-state index < -0.39 is 0 Å². The average Bonchev–Trinajstić information content (AvgIpc) is 2.50. The van der Waals surface area contributed by atoms with Crippen molar-refractivity contribution in [2.24, 2.45) is 0 Å². The fourth-order valence-electron chi connectivity index (χ4n) is 1.47. The summed E-state index contributed by atoms with van der Waals surface area (Å²) in [7, 11) is 0. The molecule has 0 spiro atoms. The minimum absolute atomic E-state index is 0.0354. The number of benzene rings is 1. The van der Waals surface area contributed by atoms with Gasteiger partial charge in [-0.05, 0) is 29.2 Å². The molecule has 0 amide bonds. The minimum atomic E-state index is -0.280. The summed E-state index contributed by atoms with van der Waals surface area (Å²) in [5.41, 5.74) is 1.30. The van der Waals surface area contributed by atoms with Crippen LogP contribution in [0.5, 0.6) is 0 Å². The van der Waals surface area contributed by atoms with Gasteiger partial charge in [0.05, 0.1) is 6.26 Å². The highest BCUT2D eigenvalue weighted by Crippen LogP contribution is 2.28. The fraction of sp³-hybridized carbons (Fsp3) is 0.333. The summed E-state index contributed by atoms with van der Waals surface area (Å²) >= 11 is 0. The van der Waals surface area contributed by atoms with Gasteiger partial charge in [0, 0.05) is 5.39 Å². The number of rotatable bonds is 0. The van der Waals surface area contributed by atoms with E-state index >= 15 is 0 Å². The Morgan fingerprint density at radius 3 is 2.57 bits per heavy atom. The molecular formula is C12H13FO. The lowest BCUT2D eigenvalue weighted by Crippen LogP contribution is -2.11. The van der Waals surface area contributed by atoms with E-state index in [9.17, 15) is 4.39 Å². The van der Waals surface area contributed by atoms with Gasteiger partial charge in [-0.2, -0.15) is 0 Å². The normalized spacial score (nSPS) is 12.3. The van der Waals surface area contributed by atoms with E-state index in [1.165, 1.54) is 6.26 Å². The predicted molar refractivity (Wildman–Crippen MR) is 54.9 cm³/mol. The maximum atomic E-state index is 13.5. The summed E-state index contributed by atoms with van der Waals surface area (Å²) in [5, 5.41) is 0.829. The van der Waals surface area contributed by atoms with E-state index in [4.69, 9.17) is 4.42 Å². The molecule has 14 heavy (non-hydrogen) atoms. The molecule has 1 nitrogen and oxygen atoms in total. The van der Waals surface area contributed by atoms with E-state index in [0.29, 0.717) is 5.58 Å². The van der Waals surface area contributed by atoms with Crippen LogP contribution in [-0.2, 0) is 5.41 Å². The molecule has 1 aromatic carbocycles. The molecule has 1 aromatic heterocycles. The van der Waals surface area contributed by atoms with Gasteiger partial charge in [-0.3, -0.25) is 0 Å². The second kappa shape index (κ2) is 2.84. The van der Waals surface area contributed by atoms with Crippen molar-refractivity contribution in [1.29, 1.82) is 0 Å². The number of furan rings is 1. The van der Waals surface area contributed by atoms with Gasteiger partial charge in [0.2, 0.25) is 0 Å². The molecule has 0 aliphatic rings. The average molecular weight is 192 g/mol. The van der Waals surface area contributed by atoms with Crippen LogP contribution >= 0.6 is 0 Å². The quantitative estimate of drug-likeness (QED) is 0.617. The van der Waals surface area contributed by atoms with Crippen molar-refractivity contribution in [2.75, 3.05) is 0 Å². The molecule has 2 aromatic rings. The zero-order chi connectivity index (χ0) is 10.3. The smallest absolute Gasteiger partial charge is 0.169 e. The second-order valence-electron chi connectivity index (χ2n) is 4.55. The lowest BCUT2D eigenvalue weighted by Gasteiger charge is -2.18. The number of halogens is 1. The third-order valence-corrected chi connectivity index (χ3v) is 2.37. The highest BCUT2D eigenvalue weighted by molar-refractivity contribution is 5.78. The number of hydrogen-bond acceptors (Lipinski definition) is 1. The Morgan fingerprint density at radius 2 is 1.93 bits per heavy atom. The van der Waals surface area contributed by atoms with Gasteiger partial charge in [-0.25, -0.2) is 4.39 Å². The van der Waals surface area contributed by atoms with E-state index in [1.54, 1.807) is 12.1 Å². The van der Waals surface area contributed by atoms with Crippen LogP contribution in [0.25, 0.3) is 11.0 Å². The fourth-order valence-corrected chi connectivity index (χ4v) is 1.47. The zero-order valence-corrected chi connectivity index (χ0v) is 8.60. The van der Waals surface area contributed by atoms with Crippen LogP contribution in [0.15, 0.2) is 28.9 Å². The minimum Gasteiger partial charge on any atom is -0.461 e. The molecule has 2 heteroatoms. The van der Waals surface area contributed by atoms with Crippen LogP contribution in [0.2, 0.25) is 0 Å². The van der Waals surface area contributed by atoms with Crippen molar-refractivity contribution in [1.82, 2.24) is 0 Å². The Balaban J connectivity index is 2.70. The summed E-state index contributed by atoms with van der Waals surface area (Å²) in [6, 6.07) is 5.31. The molecule has 0 N–H and O–H groups in total. The first-order valence-electron chi connectivity index (χ1n) is 4.66. The zero-order valence-electron chi connectivity index (χ0n) is 8.60. The predicted octanol–water partition coefficient (Wildman–Crippen LogP) is 3.87. The molecule has 0 saturated carbocycles. The molecule has 2 rings (SSSR count). The maximum absolute atomic E-state index is 13.5. The molecule has 0 unspecified atom stereocenters. The Bertz CT molecular complexity index is 463. The first-order valence-corrected chi connectivity index (χ1v) is 4.66. The van der Waals surface area contributed by atoms with E-state index in [1.807, 2.05) is 6.07 Å². The lowest BCUT2D eigenvalue weighted by molar-refractivity contribution is 0.547. The second-order valence-corrected chi connectivity index (χ2v) is 4.55. The summed E-state index contributed by atoms with van der Waals surface area (Å²) in [6.07, 6.45) is 1.51. The standard InChI is InChI=1S/C12H13FO/c1-12(2,3)9-6-8-4-5-14-11(8)10(13)7-9/h4-7H,1-3H3. The van der Waals surface area contributed by atoms with Gasteiger partial charge in [0.15, 0.2) is 11.4 Å². The van der Waals surface area contributed by atoms with Crippen LogP contribution < -0.4 is 0 Å². The van der Waals surface area contributed by atoms with Crippen LogP contribution in [0.1, 0.15) is 26.3 Å². The van der Waals surface area contributed by atoms with Crippen LogP contribution in [0, 0.1) is 5.82 Å². The lowest BCUT2D eigenvalue weighted by atomic mass is 9.86. The van der Waals surface area contributed by atoms with E-state index in [0.717, 1.165) is 10.9 Å². The van der Waals surface area contributed by atoms with Gasteiger partial charge in [-0.1, -0.05) is 20.8 Å². The van der Waals surface area contributed by atoms with E-state index in [-0.39, 0.29) is 11.2 Å². The van der Waals surface area contributed by atoms with Gasteiger partial charge >= 0.3 is 0 Å². The summed E-state index contributed by atoms with van der Waals surface area (Å²) in [6.45, 7) is 6.19. The largest absolute Gasteiger partial charge is 0.461 e. The van der Waals surface area contributed by atoms with Gasteiger partial charge in [0.25, 0.3) is 0 Å². The molecule has 0 atom stereocenters. The highest BCUT2D eigenvalue weighted by Gasteiger charge is 2.16. The monoisotopic (exact) mass is 192 g/mol. The molecule has 0 fully saturated rings. The van der Waals surface area contributed by atoms with Crippen molar-refractivity contribution >= 4 is 11.0 Å². The Labute approximate surface area is 82.5 Å². The molecule has 74 valence electrons. The van der Waals surface area contributed by atoms with E-state index in [2.05, 4.69) is 20.8 Å². The summed E-state index contributed by atoms with van der Waals surface area (Å²) < 4.78 is 18.6. The maximum Gasteiger partial charge on any atom is 0.169 e. The SMILES string of the molecule is CC(C)(C)c1cc(F)c2occc2c1. The van der Waals surface area contributed by atoms with Gasteiger partial charge in [0.1, 0.15) is 0 Å². The molecular weight excluding hydrogens is 179 g/mol. The first kappa shape index (κ1) is 9.25. The van der Waals surface area contributed by atoms with Crippen LogP contribution in [-0.4, -0.2) is 0 Å². The molecule has 0 bridgehead atoms. The van der Waals surface area contributed by atoms with Crippen molar-refractivity contribution in [2.45, 2.75) is 26.2 Å². The van der Waals surface area contributed by atoms with Crippen molar-refractivity contribution in [3.63, 3.8) is 0 Å². The van der Waals surface area contributed by atoms with Gasteiger partial charge < -0.3 is 4.42 Å². The number of fused-ring (bicyclic) bond motifs is 1. The Hall–Kier alpha value is -1.31. The Morgan fingerprint density at radius 1 is 1.21 bits per heavy atom. The van der Waals surface area contributed by atoms with Crippen LogP contribution in [0.3, 0.4) is 0 Å². The summed E-state index contributed by atoms with van der Waals surface area (Å²) in [5.74, 6) is -0.280. The van der Waals surface area contributed by atoms with Crippen molar-refractivity contribution < 1.29 is 8.81 Å². The molecule has 0 aliphatic carbocycles. The van der Waals surface area contributed by atoms with Crippen molar-refractivity contribution in [3.05, 3.63) is 35.8 Å². The Kier molecular flexibility index (Phi) is 1.88. The van der Waals surface area contributed by atoms with Crippen LogP contribution in [0.4, 0.5) is 4.39 Å². The number of hydrogen-bond donors (Lipinski definition) is 0. The third kappa shape index (κ3) is 1.41. The molecule has 0 aliphatic heterocycles. The van der Waals surface area contributed by atoms with Crippen molar-refractivity contribution in [3.8, 4) is 0 Å².